The molecule has 25 heavy (non-hydrogen) atoms. The van der Waals surface area contributed by atoms with Gasteiger partial charge in [0.1, 0.15) is 11.3 Å². The summed E-state index contributed by atoms with van der Waals surface area (Å²) in [5, 5.41) is 12.9. The Bertz CT molecular complexity index is 1020. The number of amides is 1. The van der Waals surface area contributed by atoms with E-state index in [9.17, 15) is 9.90 Å². The van der Waals surface area contributed by atoms with Crippen LogP contribution in [0.2, 0.25) is 0 Å². The number of carbonyl (C=O) groups is 1. The first-order chi connectivity index (χ1) is 12.2. The summed E-state index contributed by atoms with van der Waals surface area (Å²) in [4.78, 5) is 20.6. The van der Waals surface area contributed by atoms with Crippen molar-refractivity contribution >= 4 is 22.7 Å². The summed E-state index contributed by atoms with van der Waals surface area (Å²) in [7, 11) is 0. The third-order valence-electron chi connectivity index (χ3n) is 3.71. The number of pyridine rings is 1. The number of phenols is 1. The summed E-state index contributed by atoms with van der Waals surface area (Å²) in [5.74, 6) is 0.0348. The summed E-state index contributed by atoms with van der Waals surface area (Å²) in [6.07, 6.45) is 3.19. The quantitative estimate of drug-likeness (QED) is 0.557. The summed E-state index contributed by atoms with van der Waals surface area (Å²) < 4.78 is 5.66. The number of hydrogen-bond donors (Lipinski definition) is 2. The van der Waals surface area contributed by atoms with E-state index in [4.69, 9.17) is 4.42 Å². The molecule has 0 atom stereocenters. The van der Waals surface area contributed by atoms with Crippen LogP contribution >= 0.6 is 0 Å². The predicted molar refractivity (Wildman–Crippen MR) is 93.3 cm³/mol. The zero-order valence-electron chi connectivity index (χ0n) is 13.0. The molecule has 0 fully saturated rings. The zero-order valence-corrected chi connectivity index (χ0v) is 13.0. The average molecular weight is 331 g/mol. The number of nitrogens with zero attached hydrogens (tertiary/aromatic N) is 2. The first-order valence-corrected chi connectivity index (χ1v) is 7.61. The van der Waals surface area contributed by atoms with E-state index in [1.54, 1.807) is 54.9 Å². The van der Waals surface area contributed by atoms with E-state index in [2.05, 4.69) is 15.3 Å². The minimum absolute atomic E-state index is 0.0113. The maximum Gasteiger partial charge on any atom is 0.255 e. The lowest BCUT2D eigenvalue weighted by atomic mass is 10.1. The summed E-state index contributed by atoms with van der Waals surface area (Å²) in [6, 6.07) is 15.3. The maximum absolute atomic E-state index is 12.3. The fourth-order valence-corrected chi connectivity index (χ4v) is 2.47. The van der Waals surface area contributed by atoms with Gasteiger partial charge in [-0.1, -0.05) is 18.2 Å². The van der Waals surface area contributed by atoms with E-state index in [0.717, 1.165) is 0 Å². The second kappa shape index (κ2) is 6.09. The van der Waals surface area contributed by atoms with Crippen molar-refractivity contribution in [3.05, 3.63) is 72.6 Å². The second-order valence-electron chi connectivity index (χ2n) is 5.41. The standard InChI is InChI=1S/C19H13N3O3/c23-16-7-6-13(21-18(24)12-4-2-1-3-5-12)10-14(16)19-22-15-11-20-9-8-17(15)25-19/h1-11,23H,(H,21,24). The van der Waals surface area contributed by atoms with Gasteiger partial charge in [0.2, 0.25) is 5.89 Å². The first-order valence-electron chi connectivity index (χ1n) is 7.61. The Kier molecular flexibility index (Phi) is 3.63. The first kappa shape index (κ1) is 14.9. The lowest BCUT2D eigenvalue weighted by Gasteiger charge is -2.07. The molecule has 1 amide bonds. The van der Waals surface area contributed by atoms with Gasteiger partial charge in [-0.15, -0.1) is 0 Å². The summed E-state index contributed by atoms with van der Waals surface area (Å²) >= 11 is 0. The molecule has 0 unspecified atom stereocenters. The molecular formula is C19H13N3O3. The van der Waals surface area contributed by atoms with Crippen molar-refractivity contribution in [1.82, 2.24) is 9.97 Å². The predicted octanol–water partition coefficient (Wildman–Crippen LogP) is 3.85. The maximum atomic E-state index is 12.3. The molecule has 2 N–H and O–H groups in total. The van der Waals surface area contributed by atoms with Crippen molar-refractivity contribution in [1.29, 1.82) is 0 Å². The van der Waals surface area contributed by atoms with Crippen LogP contribution in [-0.4, -0.2) is 21.0 Å². The molecule has 2 aromatic heterocycles. The molecular weight excluding hydrogens is 318 g/mol. The van der Waals surface area contributed by atoms with Gasteiger partial charge in [-0.05, 0) is 30.3 Å². The van der Waals surface area contributed by atoms with Crippen LogP contribution in [0.3, 0.4) is 0 Å². The molecule has 0 spiro atoms. The minimum Gasteiger partial charge on any atom is -0.507 e. The number of aromatic hydroxyl groups is 1. The van der Waals surface area contributed by atoms with Gasteiger partial charge in [0, 0.05) is 23.5 Å². The lowest BCUT2D eigenvalue weighted by Crippen LogP contribution is -2.11. The molecule has 4 aromatic rings. The molecule has 4 rings (SSSR count). The number of carbonyl (C=O) groups excluding carboxylic acids is 1. The number of oxazole rings is 1. The third-order valence-corrected chi connectivity index (χ3v) is 3.71. The normalized spacial score (nSPS) is 10.7. The zero-order chi connectivity index (χ0) is 17.2. The van der Waals surface area contributed by atoms with Gasteiger partial charge in [-0.2, -0.15) is 0 Å². The van der Waals surface area contributed by atoms with Crippen LogP contribution in [0.1, 0.15) is 10.4 Å². The lowest BCUT2D eigenvalue weighted by molar-refractivity contribution is 0.102. The van der Waals surface area contributed by atoms with Crippen LogP contribution < -0.4 is 5.32 Å². The van der Waals surface area contributed by atoms with Crippen LogP contribution in [0.25, 0.3) is 22.6 Å². The van der Waals surface area contributed by atoms with Crippen LogP contribution in [-0.2, 0) is 0 Å². The van der Waals surface area contributed by atoms with Crippen molar-refractivity contribution < 1.29 is 14.3 Å². The van der Waals surface area contributed by atoms with E-state index in [0.29, 0.717) is 27.9 Å². The SMILES string of the molecule is O=C(Nc1ccc(O)c(-c2nc3cnccc3o2)c1)c1ccccc1. The smallest absolute Gasteiger partial charge is 0.255 e. The number of aromatic nitrogens is 2. The minimum atomic E-state index is -0.237. The van der Waals surface area contributed by atoms with Crippen molar-refractivity contribution in [2.24, 2.45) is 0 Å². The highest BCUT2D eigenvalue weighted by molar-refractivity contribution is 6.04. The highest BCUT2D eigenvalue weighted by Gasteiger charge is 2.14. The summed E-state index contributed by atoms with van der Waals surface area (Å²) in [5.41, 5.74) is 2.63. The Morgan fingerprint density at radius 2 is 1.92 bits per heavy atom. The van der Waals surface area contributed by atoms with Crippen LogP contribution in [0.4, 0.5) is 5.69 Å². The number of benzene rings is 2. The van der Waals surface area contributed by atoms with Gasteiger partial charge < -0.3 is 14.8 Å². The molecule has 0 aliphatic rings. The summed E-state index contributed by atoms with van der Waals surface area (Å²) in [6.45, 7) is 0. The molecule has 122 valence electrons. The fourth-order valence-electron chi connectivity index (χ4n) is 2.47. The van der Waals surface area contributed by atoms with E-state index >= 15 is 0 Å². The molecule has 0 radical (unpaired) electrons. The van der Waals surface area contributed by atoms with Crippen molar-refractivity contribution in [3.8, 4) is 17.2 Å². The van der Waals surface area contributed by atoms with Crippen molar-refractivity contribution in [3.63, 3.8) is 0 Å². The monoisotopic (exact) mass is 331 g/mol. The van der Waals surface area contributed by atoms with Gasteiger partial charge in [-0.25, -0.2) is 4.98 Å². The second-order valence-corrected chi connectivity index (χ2v) is 5.41. The van der Waals surface area contributed by atoms with Crippen molar-refractivity contribution in [2.45, 2.75) is 0 Å². The topological polar surface area (TPSA) is 88.2 Å². The van der Waals surface area contributed by atoms with Crippen LogP contribution in [0.5, 0.6) is 5.75 Å². The third kappa shape index (κ3) is 2.92. The van der Waals surface area contributed by atoms with Crippen LogP contribution in [0.15, 0.2) is 71.4 Å². The number of nitrogens with one attached hydrogen (secondary N) is 1. The number of hydrogen-bond acceptors (Lipinski definition) is 5. The van der Waals surface area contributed by atoms with E-state index in [1.807, 2.05) is 6.07 Å². The Morgan fingerprint density at radius 3 is 2.72 bits per heavy atom. The molecule has 0 saturated carbocycles. The molecule has 6 heteroatoms. The Morgan fingerprint density at radius 1 is 1.08 bits per heavy atom. The van der Waals surface area contributed by atoms with Crippen molar-refractivity contribution in [2.75, 3.05) is 5.32 Å². The van der Waals surface area contributed by atoms with Gasteiger partial charge in [0.05, 0.1) is 11.8 Å². The number of rotatable bonds is 3. The van der Waals surface area contributed by atoms with Gasteiger partial charge in [-0.3, -0.25) is 9.78 Å². The average Bonchev–Trinajstić information content (AvgIpc) is 3.08. The molecule has 0 bridgehead atoms. The number of fused-ring (bicyclic) bond motifs is 1. The van der Waals surface area contributed by atoms with E-state index in [1.165, 1.54) is 6.07 Å². The highest BCUT2D eigenvalue weighted by atomic mass is 16.3. The molecule has 0 aliphatic heterocycles. The fraction of sp³-hybridized carbons (Fsp3) is 0. The Balaban J connectivity index is 1.68. The van der Waals surface area contributed by atoms with Crippen LogP contribution in [0, 0.1) is 0 Å². The molecule has 2 aromatic carbocycles. The van der Waals surface area contributed by atoms with E-state index in [-0.39, 0.29) is 17.5 Å². The number of anilines is 1. The molecule has 0 saturated heterocycles. The Hall–Kier alpha value is -3.67. The van der Waals surface area contributed by atoms with E-state index < -0.39 is 0 Å². The van der Waals surface area contributed by atoms with Gasteiger partial charge in [0.15, 0.2) is 5.58 Å². The number of phenolic OH excluding ortho intramolecular Hbond substituents is 1. The molecule has 0 aliphatic carbocycles. The Labute approximate surface area is 142 Å². The van der Waals surface area contributed by atoms with Gasteiger partial charge in [0.25, 0.3) is 5.91 Å². The molecule has 6 nitrogen and oxygen atoms in total. The largest absolute Gasteiger partial charge is 0.507 e. The van der Waals surface area contributed by atoms with Gasteiger partial charge >= 0.3 is 0 Å². The molecule has 2 heterocycles. The highest BCUT2D eigenvalue weighted by Crippen LogP contribution is 2.33.